The maximum atomic E-state index is 10.9. The van der Waals surface area contributed by atoms with Crippen LogP contribution in [-0.4, -0.2) is 37.9 Å². The Hall–Kier alpha value is -2.19. The summed E-state index contributed by atoms with van der Waals surface area (Å²) in [7, 11) is 2.77. The first-order chi connectivity index (χ1) is 10.5. The summed E-state index contributed by atoms with van der Waals surface area (Å²) in [4.78, 5) is 31.7. The molecule has 0 fully saturated rings. The summed E-state index contributed by atoms with van der Waals surface area (Å²) in [6, 6.07) is 2.37. The van der Waals surface area contributed by atoms with Gasteiger partial charge in [0.25, 0.3) is 5.69 Å². The van der Waals surface area contributed by atoms with Crippen molar-refractivity contribution in [1.29, 1.82) is 0 Å². The average Bonchev–Trinajstić information content (AvgIpc) is 2.54. The van der Waals surface area contributed by atoms with Crippen LogP contribution in [0.5, 0.6) is 5.75 Å². The molecule has 2 N–H and O–H groups in total. The Morgan fingerprint density at radius 3 is 2.59 bits per heavy atom. The van der Waals surface area contributed by atoms with Gasteiger partial charge < -0.3 is 15.2 Å². The van der Waals surface area contributed by atoms with Crippen LogP contribution >= 0.6 is 11.6 Å². The molecular formula is C13H17ClN2O6. The van der Waals surface area contributed by atoms with Crippen LogP contribution in [0.3, 0.4) is 0 Å². The predicted octanol–water partition coefficient (Wildman–Crippen LogP) is 1.97. The number of hydrogen-bond donors (Lipinski definition) is 1. The quantitative estimate of drug-likeness (QED) is 0.266. The van der Waals surface area contributed by atoms with E-state index in [1.54, 1.807) is 0 Å². The number of carbonyl (C=O) groups is 2. The Kier molecular flexibility index (Phi) is 9.48. The summed E-state index contributed by atoms with van der Waals surface area (Å²) < 4.78 is 9.72. The number of nitrogens with two attached hydrogens (primary N) is 1. The second-order valence-corrected chi connectivity index (χ2v) is 4.13. The van der Waals surface area contributed by atoms with Crippen LogP contribution < -0.4 is 10.5 Å². The van der Waals surface area contributed by atoms with Crippen molar-refractivity contribution in [2.75, 3.05) is 20.8 Å². The molecule has 0 radical (unpaired) electrons. The maximum absolute atomic E-state index is 10.9. The van der Waals surface area contributed by atoms with Crippen molar-refractivity contribution in [1.82, 2.24) is 0 Å². The fourth-order valence-electron chi connectivity index (χ4n) is 1.41. The van der Waals surface area contributed by atoms with Gasteiger partial charge in [-0.1, -0.05) is 11.6 Å². The summed E-state index contributed by atoms with van der Waals surface area (Å²) in [5.41, 5.74) is 4.18. The number of aldehydes is 1. The largest absolute Gasteiger partial charge is 0.492 e. The molecule has 1 aromatic rings. The maximum Gasteiger partial charge on any atom is 0.305 e. The zero-order valence-corrected chi connectivity index (χ0v) is 13.0. The van der Waals surface area contributed by atoms with Gasteiger partial charge in [-0.15, -0.1) is 0 Å². The molecule has 0 heterocycles. The highest BCUT2D eigenvalue weighted by Crippen LogP contribution is 2.35. The van der Waals surface area contributed by atoms with Gasteiger partial charge in [0, 0.05) is 18.1 Å². The number of halogens is 1. The fourth-order valence-corrected chi connectivity index (χ4v) is 1.64. The van der Waals surface area contributed by atoms with Crippen molar-refractivity contribution < 1.29 is 24.0 Å². The number of esters is 1. The zero-order chi connectivity index (χ0) is 17.1. The summed E-state index contributed by atoms with van der Waals surface area (Å²) in [6.45, 7) is 0.119. The number of methoxy groups -OCH3 is 1. The van der Waals surface area contributed by atoms with Crippen LogP contribution in [-0.2, 0) is 9.53 Å². The Morgan fingerprint density at radius 1 is 1.45 bits per heavy atom. The number of ether oxygens (including phenoxy) is 2. The first-order valence-electron chi connectivity index (χ1n) is 6.20. The average molecular weight is 333 g/mol. The summed E-state index contributed by atoms with van der Waals surface area (Å²) >= 11 is 5.83. The van der Waals surface area contributed by atoms with Crippen molar-refractivity contribution in [2.24, 2.45) is 5.73 Å². The highest BCUT2D eigenvalue weighted by molar-refractivity contribution is 6.34. The molecule has 0 saturated carbocycles. The lowest BCUT2D eigenvalue weighted by molar-refractivity contribution is -0.384. The van der Waals surface area contributed by atoms with E-state index >= 15 is 0 Å². The van der Waals surface area contributed by atoms with Crippen molar-refractivity contribution in [2.45, 2.75) is 12.8 Å². The van der Waals surface area contributed by atoms with Crippen molar-refractivity contribution in [3.8, 4) is 5.75 Å². The lowest BCUT2D eigenvalue weighted by Gasteiger charge is -2.08. The van der Waals surface area contributed by atoms with Crippen molar-refractivity contribution in [3.63, 3.8) is 0 Å². The lowest BCUT2D eigenvalue weighted by atomic mass is 10.2. The highest BCUT2D eigenvalue weighted by atomic mass is 35.5. The third kappa shape index (κ3) is 6.06. The molecule has 122 valence electrons. The molecule has 0 amide bonds. The Balaban J connectivity index is 0.00000211. The molecule has 0 saturated heterocycles. The minimum absolute atomic E-state index is 0.0350. The summed E-state index contributed by atoms with van der Waals surface area (Å²) in [5.74, 6) is -0.347. The van der Waals surface area contributed by atoms with E-state index in [1.807, 2.05) is 0 Å². The monoisotopic (exact) mass is 332 g/mol. The molecule has 0 aliphatic carbocycles. The molecular weight excluding hydrogens is 316 g/mol. The number of nitro groups is 1. The second-order valence-electron chi connectivity index (χ2n) is 3.76. The smallest absolute Gasteiger partial charge is 0.305 e. The minimum Gasteiger partial charge on any atom is -0.492 e. The number of nitro benzene ring substituents is 1. The number of nitrogens with zero attached hydrogens (tertiary/aromatic N) is 1. The van der Waals surface area contributed by atoms with Gasteiger partial charge in [-0.05, 0) is 19.5 Å². The summed E-state index contributed by atoms with van der Waals surface area (Å²) in [6.07, 6.45) is 0.982. The van der Waals surface area contributed by atoms with Crippen LogP contribution in [0.25, 0.3) is 0 Å². The van der Waals surface area contributed by atoms with Crippen LogP contribution in [0.2, 0.25) is 5.02 Å². The van der Waals surface area contributed by atoms with Crippen LogP contribution in [0.15, 0.2) is 12.1 Å². The molecule has 8 nitrogen and oxygen atoms in total. The van der Waals surface area contributed by atoms with Gasteiger partial charge in [0.2, 0.25) is 0 Å². The van der Waals surface area contributed by atoms with E-state index in [4.69, 9.17) is 16.3 Å². The Labute approximate surface area is 132 Å². The van der Waals surface area contributed by atoms with Gasteiger partial charge in [0.1, 0.15) is 12.0 Å². The van der Waals surface area contributed by atoms with E-state index in [0.717, 1.165) is 6.07 Å². The molecule has 0 unspecified atom stereocenters. The Morgan fingerprint density at radius 2 is 2.09 bits per heavy atom. The predicted molar refractivity (Wildman–Crippen MR) is 80.4 cm³/mol. The summed E-state index contributed by atoms with van der Waals surface area (Å²) in [5, 5.41) is 10.6. The molecule has 1 rings (SSSR count). The van der Waals surface area contributed by atoms with Gasteiger partial charge in [0.15, 0.2) is 5.02 Å². The van der Waals surface area contributed by atoms with E-state index in [9.17, 15) is 19.7 Å². The SMILES string of the molecule is CN.COC(=O)CCCOc1cc(C=O)cc([N+](=O)[O-])c1Cl. The van der Waals surface area contributed by atoms with E-state index < -0.39 is 10.6 Å². The lowest BCUT2D eigenvalue weighted by Crippen LogP contribution is -2.05. The van der Waals surface area contributed by atoms with E-state index in [1.165, 1.54) is 20.2 Å². The molecule has 0 atom stereocenters. The van der Waals surface area contributed by atoms with E-state index in [2.05, 4.69) is 10.5 Å². The molecule has 1 aromatic carbocycles. The van der Waals surface area contributed by atoms with Gasteiger partial charge in [0.05, 0.1) is 18.6 Å². The number of rotatable bonds is 7. The van der Waals surface area contributed by atoms with Crippen molar-refractivity contribution in [3.05, 3.63) is 32.8 Å². The highest BCUT2D eigenvalue weighted by Gasteiger charge is 2.19. The van der Waals surface area contributed by atoms with Crippen LogP contribution in [0, 0.1) is 10.1 Å². The third-order valence-corrected chi connectivity index (χ3v) is 2.77. The normalized spacial score (nSPS) is 9.27. The van der Waals surface area contributed by atoms with Crippen LogP contribution in [0.4, 0.5) is 5.69 Å². The van der Waals surface area contributed by atoms with Crippen LogP contribution in [0.1, 0.15) is 23.2 Å². The Bertz CT molecular complexity index is 536. The molecule has 0 bridgehead atoms. The topological polar surface area (TPSA) is 122 Å². The zero-order valence-electron chi connectivity index (χ0n) is 12.2. The molecule has 0 aliphatic rings. The van der Waals surface area contributed by atoms with Gasteiger partial charge in [-0.3, -0.25) is 19.7 Å². The first kappa shape index (κ1) is 19.8. The third-order valence-electron chi connectivity index (χ3n) is 2.39. The fraction of sp³-hybridized carbons (Fsp3) is 0.385. The molecule has 0 spiro atoms. The van der Waals surface area contributed by atoms with Crippen molar-refractivity contribution >= 4 is 29.5 Å². The minimum atomic E-state index is -0.698. The molecule has 9 heteroatoms. The standard InChI is InChI=1S/C12H12ClNO6.CH5N/c1-19-11(16)3-2-4-20-10-6-8(7-15)5-9(12(10)13)14(17)18;1-2/h5-7H,2-4H2,1H3;2H2,1H3. The van der Waals surface area contributed by atoms with E-state index in [0.29, 0.717) is 12.7 Å². The first-order valence-corrected chi connectivity index (χ1v) is 6.57. The number of hydrogen-bond acceptors (Lipinski definition) is 7. The molecule has 22 heavy (non-hydrogen) atoms. The number of benzene rings is 1. The second kappa shape index (κ2) is 10.5. The number of carbonyl (C=O) groups excluding carboxylic acids is 2. The molecule has 0 aromatic heterocycles. The molecule has 0 aliphatic heterocycles. The van der Waals surface area contributed by atoms with Gasteiger partial charge in [-0.25, -0.2) is 0 Å². The van der Waals surface area contributed by atoms with Gasteiger partial charge in [-0.2, -0.15) is 0 Å². The van der Waals surface area contributed by atoms with Gasteiger partial charge >= 0.3 is 5.97 Å². The van der Waals surface area contributed by atoms with E-state index in [-0.39, 0.29) is 35.3 Å².